The van der Waals surface area contributed by atoms with E-state index in [1.807, 2.05) is 13.0 Å². The first-order chi connectivity index (χ1) is 6.02. The molecule has 0 heterocycles. The van der Waals surface area contributed by atoms with Gasteiger partial charge in [-0.05, 0) is 17.8 Å². The van der Waals surface area contributed by atoms with E-state index in [-0.39, 0.29) is 12.0 Å². The fourth-order valence-electron chi connectivity index (χ4n) is 1.64. The number of rotatable bonds is 2. The Kier molecular flexibility index (Phi) is 2.90. The first-order valence-corrected chi connectivity index (χ1v) is 4.52. The zero-order valence-corrected chi connectivity index (χ0v) is 8.14. The van der Waals surface area contributed by atoms with Gasteiger partial charge < -0.3 is 4.84 Å². The fourth-order valence-corrected chi connectivity index (χ4v) is 1.64. The lowest BCUT2D eigenvalue weighted by molar-refractivity contribution is -0.767. The molecular formula is C9H15NO3. The molecule has 0 aromatic heterocycles. The lowest BCUT2D eigenvalue weighted by atomic mass is 9.77. The molecule has 0 N–H and O–H groups in total. The van der Waals surface area contributed by atoms with E-state index in [1.165, 1.54) is 0 Å². The summed E-state index contributed by atoms with van der Waals surface area (Å²) in [5.41, 5.74) is 0. The summed E-state index contributed by atoms with van der Waals surface area (Å²) < 4.78 is 0. The Bertz CT molecular complexity index is 227. The highest BCUT2D eigenvalue weighted by Gasteiger charge is 2.29. The van der Waals surface area contributed by atoms with Gasteiger partial charge in [-0.15, -0.1) is 10.1 Å². The molecule has 0 saturated heterocycles. The monoisotopic (exact) mass is 185 g/mol. The Morgan fingerprint density at radius 2 is 1.85 bits per heavy atom. The molecule has 4 unspecified atom stereocenters. The molecule has 0 amide bonds. The maximum atomic E-state index is 10.2. The van der Waals surface area contributed by atoms with Gasteiger partial charge in [-0.1, -0.05) is 32.9 Å². The van der Waals surface area contributed by atoms with Crippen LogP contribution >= 0.6 is 0 Å². The van der Waals surface area contributed by atoms with Crippen molar-refractivity contribution < 1.29 is 9.92 Å². The molecule has 4 atom stereocenters. The van der Waals surface area contributed by atoms with Crippen LogP contribution in [0, 0.1) is 27.9 Å². The van der Waals surface area contributed by atoms with Gasteiger partial charge >= 0.3 is 0 Å². The Morgan fingerprint density at radius 3 is 2.38 bits per heavy atom. The van der Waals surface area contributed by atoms with Crippen molar-refractivity contribution in [1.29, 1.82) is 0 Å². The second-order valence-corrected chi connectivity index (χ2v) is 3.76. The Morgan fingerprint density at radius 1 is 1.23 bits per heavy atom. The van der Waals surface area contributed by atoms with Crippen LogP contribution < -0.4 is 0 Å². The highest BCUT2D eigenvalue weighted by Crippen LogP contribution is 2.30. The van der Waals surface area contributed by atoms with Crippen LogP contribution in [0.15, 0.2) is 12.2 Å². The molecule has 0 fully saturated rings. The summed E-state index contributed by atoms with van der Waals surface area (Å²) in [6.45, 7) is 6.19. The second kappa shape index (κ2) is 3.77. The third-order valence-corrected chi connectivity index (χ3v) is 2.99. The molecule has 0 aromatic carbocycles. The quantitative estimate of drug-likeness (QED) is 0.376. The molecule has 1 aliphatic carbocycles. The summed E-state index contributed by atoms with van der Waals surface area (Å²) in [6, 6.07) is 0. The molecule has 4 heteroatoms. The number of nitrogens with zero attached hydrogens (tertiary/aromatic N) is 1. The Hall–Kier alpha value is -1.06. The van der Waals surface area contributed by atoms with E-state index in [4.69, 9.17) is 0 Å². The zero-order chi connectivity index (χ0) is 10.0. The predicted octanol–water partition coefficient (Wildman–Crippen LogP) is 2.04. The molecule has 0 radical (unpaired) electrons. The summed E-state index contributed by atoms with van der Waals surface area (Å²) in [6.07, 6.45) is 3.40. The van der Waals surface area contributed by atoms with Gasteiger partial charge in [-0.2, -0.15) is 0 Å². The van der Waals surface area contributed by atoms with Gasteiger partial charge in [0.15, 0.2) is 0 Å². The first kappa shape index (κ1) is 10.0. The van der Waals surface area contributed by atoms with E-state index in [9.17, 15) is 10.1 Å². The predicted molar refractivity (Wildman–Crippen MR) is 48.5 cm³/mol. The van der Waals surface area contributed by atoms with Gasteiger partial charge in [-0.25, -0.2) is 0 Å². The van der Waals surface area contributed by atoms with Gasteiger partial charge in [0, 0.05) is 0 Å². The summed E-state index contributed by atoms with van der Waals surface area (Å²) in [5.74, 6) is 1.10. The average Bonchev–Trinajstić information content (AvgIpc) is 2.06. The van der Waals surface area contributed by atoms with Crippen molar-refractivity contribution >= 4 is 0 Å². The minimum Gasteiger partial charge on any atom is -0.306 e. The smallest absolute Gasteiger partial charge is 0.295 e. The highest BCUT2D eigenvalue weighted by molar-refractivity contribution is 5.02. The molecule has 0 spiro atoms. The number of allylic oxidation sites excluding steroid dienone is 1. The van der Waals surface area contributed by atoms with Crippen LogP contribution in [0.2, 0.25) is 0 Å². The summed E-state index contributed by atoms with van der Waals surface area (Å²) in [4.78, 5) is 14.7. The van der Waals surface area contributed by atoms with Gasteiger partial charge in [-0.3, -0.25) is 0 Å². The van der Waals surface area contributed by atoms with Crippen molar-refractivity contribution in [2.24, 2.45) is 17.8 Å². The van der Waals surface area contributed by atoms with Crippen molar-refractivity contribution in [2.75, 3.05) is 0 Å². The van der Waals surface area contributed by atoms with Crippen molar-refractivity contribution in [2.45, 2.75) is 26.9 Å². The maximum absolute atomic E-state index is 10.2. The molecular weight excluding hydrogens is 170 g/mol. The summed E-state index contributed by atoms with van der Waals surface area (Å²) in [7, 11) is 0. The van der Waals surface area contributed by atoms with Crippen molar-refractivity contribution in [3.8, 4) is 0 Å². The highest BCUT2D eigenvalue weighted by atomic mass is 17.0. The standard InChI is InChI=1S/C9H15NO3/c1-6-4-5-9(13-10(11)12)8(3)7(6)2/h4-9H,1-3H3. The van der Waals surface area contributed by atoms with E-state index in [1.54, 1.807) is 6.08 Å². The van der Waals surface area contributed by atoms with Crippen LogP contribution in [0.4, 0.5) is 0 Å². The molecule has 0 aromatic rings. The molecule has 4 nitrogen and oxygen atoms in total. The normalized spacial score (nSPS) is 38.7. The van der Waals surface area contributed by atoms with Crippen molar-refractivity contribution in [1.82, 2.24) is 0 Å². The van der Waals surface area contributed by atoms with Gasteiger partial charge in [0.1, 0.15) is 6.10 Å². The first-order valence-electron chi connectivity index (χ1n) is 4.52. The van der Waals surface area contributed by atoms with E-state index in [0.717, 1.165) is 0 Å². The largest absolute Gasteiger partial charge is 0.306 e. The van der Waals surface area contributed by atoms with Crippen LogP contribution in [0.1, 0.15) is 20.8 Å². The summed E-state index contributed by atoms with van der Waals surface area (Å²) >= 11 is 0. The average molecular weight is 185 g/mol. The second-order valence-electron chi connectivity index (χ2n) is 3.76. The molecule has 1 aliphatic rings. The van der Waals surface area contributed by atoms with E-state index in [0.29, 0.717) is 11.8 Å². The number of hydrogen-bond donors (Lipinski definition) is 0. The summed E-state index contributed by atoms with van der Waals surface area (Å²) in [5, 5.41) is 9.44. The minimum atomic E-state index is -0.714. The van der Waals surface area contributed by atoms with Crippen LogP contribution in [0.3, 0.4) is 0 Å². The lowest BCUT2D eigenvalue weighted by Crippen LogP contribution is -2.33. The SMILES string of the molecule is CC1C=CC(O[N+](=O)[O-])C(C)C1C. The molecule has 0 bridgehead atoms. The van der Waals surface area contributed by atoms with E-state index >= 15 is 0 Å². The van der Waals surface area contributed by atoms with Crippen LogP contribution in [-0.4, -0.2) is 11.2 Å². The fraction of sp³-hybridized carbons (Fsp3) is 0.778. The third-order valence-electron chi connectivity index (χ3n) is 2.99. The maximum Gasteiger partial charge on any atom is 0.295 e. The number of hydrogen-bond acceptors (Lipinski definition) is 3. The van der Waals surface area contributed by atoms with Crippen molar-refractivity contribution in [3.05, 3.63) is 22.3 Å². The van der Waals surface area contributed by atoms with E-state index < -0.39 is 5.09 Å². The molecule has 1 rings (SSSR count). The third kappa shape index (κ3) is 2.20. The Balaban J connectivity index is 2.66. The van der Waals surface area contributed by atoms with Gasteiger partial charge in [0.2, 0.25) is 0 Å². The van der Waals surface area contributed by atoms with Crippen LogP contribution in [-0.2, 0) is 4.84 Å². The molecule has 74 valence electrons. The van der Waals surface area contributed by atoms with Crippen LogP contribution in [0.25, 0.3) is 0 Å². The minimum absolute atomic E-state index is 0.199. The molecule has 13 heavy (non-hydrogen) atoms. The van der Waals surface area contributed by atoms with E-state index in [2.05, 4.69) is 18.7 Å². The van der Waals surface area contributed by atoms with Crippen LogP contribution in [0.5, 0.6) is 0 Å². The van der Waals surface area contributed by atoms with Crippen molar-refractivity contribution in [3.63, 3.8) is 0 Å². The zero-order valence-electron chi connectivity index (χ0n) is 8.14. The molecule has 0 aliphatic heterocycles. The molecule has 0 saturated carbocycles. The van der Waals surface area contributed by atoms with Gasteiger partial charge in [0.25, 0.3) is 5.09 Å². The lowest BCUT2D eigenvalue weighted by Gasteiger charge is -2.32. The Labute approximate surface area is 77.7 Å². The topological polar surface area (TPSA) is 52.4 Å². The van der Waals surface area contributed by atoms with Gasteiger partial charge in [0.05, 0.1) is 0 Å².